The van der Waals surface area contributed by atoms with Gasteiger partial charge >= 0.3 is 0 Å². The fraction of sp³-hybridized carbons (Fsp3) is 0.421. The van der Waals surface area contributed by atoms with Crippen molar-refractivity contribution in [3.05, 3.63) is 40.8 Å². The van der Waals surface area contributed by atoms with Crippen molar-refractivity contribution in [2.45, 2.75) is 13.8 Å². The van der Waals surface area contributed by atoms with Gasteiger partial charge in [0.05, 0.1) is 25.5 Å². The van der Waals surface area contributed by atoms with E-state index in [2.05, 4.69) is 5.16 Å². The van der Waals surface area contributed by atoms with Gasteiger partial charge in [0, 0.05) is 32.2 Å². The van der Waals surface area contributed by atoms with Gasteiger partial charge in [0.2, 0.25) is 0 Å². The van der Waals surface area contributed by atoms with Gasteiger partial charge in [0.15, 0.2) is 0 Å². The molecule has 0 aliphatic carbocycles. The fourth-order valence-electron chi connectivity index (χ4n) is 3.20. The Morgan fingerprint density at radius 3 is 2.15 bits per heavy atom. The van der Waals surface area contributed by atoms with Crippen molar-refractivity contribution < 1.29 is 23.6 Å². The maximum atomic E-state index is 12.9. The second kappa shape index (κ2) is 7.69. The third kappa shape index (κ3) is 3.60. The summed E-state index contributed by atoms with van der Waals surface area (Å²) in [7, 11) is 3.08. The minimum Gasteiger partial charge on any atom is -0.497 e. The highest BCUT2D eigenvalue weighted by atomic mass is 16.5. The Morgan fingerprint density at radius 1 is 1.00 bits per heavy atom. The number of nitrogens with zero attached hydrogens (tertiary/aromatic N) is 3. The molecule has 144 valence electrons. The fourth-order valence-corrected chi connectivity index (χ4v) is 3.20. The molecule has 1 fully saturated rings. The molecule has 0 radical (unpaired) electrons. The average Bonchev–Trinajstić information content (AvgIpc) is 3.04. The van der Waals surface area contributed by atoms with Crippen LogP contribution in [0.1, 0.15) is 32.2 Å². The number of piperazine rings is 1. The molecule has 0 atom stereocenters. The maximum Gasteiger partial charge on any atom is 0.259 e. The zero-order chi connectivity index (χ0) is 19.6. The summed E-state index contributed by atoms with van der Waals surface area (Å²) >= 11 is 0. The number of carbonyl (C=O) groups is 2. The number of aromatic nitrogens is 1. The lowest BCUT2D eigenvalue weighted by molar-refractivity contribution is 0.0532. The average molecular weight is 373 g/mol. The molecular weight excluding hydrogens is 350 g/mol. The van der Waals surface area contributed by atoms with Gasteiger partial charge in [-0.05, 0) is 26.0 Å². The standard InChI is InChI=1S/C19H23N3O5/c1-12-17(13(2)27-20-12)19(24)22-9-7-21(8-10-22)18(23)15-6-5-14(25-3)11-16(15)26-4/h5-6,11H,7-10H2,1-4H3. The number of hydrogen-bond donors (Lipinski definition) is 0. The van der Waals surface area contributed by atoms with Gasteiger partial charge in [-0.15, -0.1) is 0 Å². The summed E-state index contributed by atoms with van der Waals surface area (Å²) in [5.74, 6) is 1.37. The zero-order valence-corrected chi connectivity index (χ0v) is 15.9. The Bertz CT molecular complexity index is 834. The predicted molar refractivity (Wildman–Crippen MR) is 97.3 cm³/mol. The number of hydrogen-bond acceptors (Lipinski definition) is 6. The zero-order valence-electron chi connectivity index (χ0n) is 15.9. The van der Waals surface area contributed by atoms with E-state index >= 15 is 0 Å². The first-order valence-corrected chi connectivity index (χ1v) is 8.69. The van der Waals surface area contributed by atoms with Crippen molar-refractivity contribution in [2.24, 2.45) is 0 Å². The molecule has 0 N–H and O–H groups in total. The molecule has 8 nitrogen and oxygen atoms in total. The molecule has 2 heterocycles. The molecule has 1 aliphatic rings. The number of benzene rings is 1. The SMILES string of the molecule is COc1ccc(C(=O)N2CCN(C(=O)c3c(C)noc3C)CC2)c(OC)c1. The van der Waals surface area contributed by atoms with Crippen LogP contribution < -0.4 is 9.47 Å². The summed E-state index contributed by atoms with van der Waals surface area (Å²) in [5, 5.41) is 3.84. The van der Waals surface area contributed by atoms with Crippen LogP contribution in [-0.4, -0.2) is 67.2 Å². The molecule has 1 aromatic heterocycles. The molecule has 0 unspecified atom stereocenters. The molecule has 1 saturated heterocycles. The number of ether oxygens (including phenoxy) is 2. The van der Waals surface area contributed by atoms with Gasteiger partial charge < -0.3 is 23.8 Å². The number of methoxy groups -OCH3 is 2. The Labute approximate surface area is 157 Å². The van der Waals surface area contributed by atoms with Gasteiger partial charge in [-0.3, -0.25) is 9.59 Å². The molecule has 0 saturated carbocycles. The monoisotopic (exact) mass is 373 g/mol. The molecule has 2 amide bonds. The molecule has 27 heavy (non-hydrogen) atoms. The van der Waals surface area contributed by atoms with Crippen LogP contribution in [-0.2, 0) is 0 Å². The van der Waals surface area contributed by atoms with Crippen molar-refractivity contribution >= 4 is 11.8 Å². The van der Waals surface area contributed by atoms with Crippen LogP contribution in [0, 0.1) is 13.8 Å². The van der Waals surface area contributed by atoms with Crippen molar-refractivity contribution in [1.29, 1.82) is 0 Å². The van der Waals surface area contributed by atoms with Crippen molar-refractivity contribution in [3.63, 3.8) is 0 Å². The second-order valence-corrected chi connectivity index (χ2v) is 6.35. The van der Waals surface area contributed by atoms with Crippen LogP contribution in [0.25, 0.3) is 0 Å². The van der Waals surface area contributed by atoms with E-state index < -0.39 is 0 Å². The van der Waals surface area contributed by atoms with Crippen LogP contribution in [0.3, 0.4) is 0 Å². The second-order valence-electron chi connectivity index (χ2n) is 6.35. The molecule has 0 bridgehead atoms. The lowest BCUT2D eigenvalue weighted by atomic mass is 10.1. The number of rotatable bonds is 4. The molecule has 8 heteroatoms. The van der Waals surface area contributed by atoms with Gasteiger partial charge in [-0.1, -0.05) is 5.16 Å². The predicted octanol–water partition coefficient (Wildman–Crippen LogP) is 1.91. The first kappa shape index (κ1) is 18.8. The normalized spacial score (nSPS) is 14.2. The highest BCUT2D eigenvalue weighted by Gasteiger charge is 2.29. The maximum absolute atomic E-state index is 12.9. The summed E-state index contributed by atoms with van der Waals surface area (Å²) in [6, 6.07) is 5.11. The third-order valence-electron chi connectivity index (χ3n) is 4.74. The van der Waals surface area contributed by atoms with E-state index in [9.17, 15) is 9.59 Å². The molecule has 3 rings (SSSR count). The first-order chi connectivity index (χ1) is 13.0. The van der Waals surface area contributed by atoms with Gasteiger partial charge in [-0.2, -0.15) is 0 Å². The molecule has 1 aromatic carbocycles. The smallest absolute Gasteiger partial charge is 0.259 e. The summed E-state index contributed by atoms with van der Waals surface area (Å²) in [6.07, 6.45) is 0. The van der Waals surface area contributed by atoms with Crippen LogP contribution in [0.2, 0.25) is 0 Å². The van der Waals surface area contributed by atoms with Crippen LogP contribution in [0.4, 0.5) is 0 Å². The van der Waals surface area contributed by atoms with Crippen LogP contribution in [0.15, 0.2) is 22.7 Å². The van der Waals surface area contributed by atoms with Gasteiger partial charge in [-0.25, -0.2) is 0 Å². The Hall–Kier alpha value is -3.03. The Balaban J connectivity index is 1.69. The largest absolute Gasteiger partial charge is 0.497 e. The summed E-state index contributed by atoms with van der Waals surface area (Å²) in [6.45, 7) is 5.27. The van der Waals surface area contributed by atoms with E-state index in [4.69, 9.17) is 14.0 Å². The van der Waals surface area contributed by atoms with E-state index in [0.29, 0.717) is 60.3 Å². The Kier molecular flexibility index (Phi) is 5.34. The summed E-state index contributed by atoms with van der Waals surface area (Å²) in [5.41, 5.74) is 1.56. The number of amides is 2. The van der Waals surface area contributed by atoms with E-state index in [1.165, 1.54) is 7.11 Å². The lowest BCUT2D eigenvalue weighted by Crippen LogP contribution is -2.50. The topological polar surface area (TPSA) is 85.1 Å². The minimum absolute atomic E-state index is 0.111. The highest BCUT2D eigenvalue weighted by Crippen LogP contribution is 2.26. The summed E-state index contributed by atoms with van der Waals surface area (Å²) in [4.78, 5) is 29.0. The van der Waals surface area contributed by atoms with Crippen LogP contribution in [0.5, 0.6) is 11.5 Å². The molecule has 1 aliphatic heterocycles. The quantitative estimate of drug-likeness (QED) is 0.814. The minimum atomic E-state index is -0.126. The third-order valence-corrected chi connectivity index (χ3v) is 4.74. The molecule has 0 spiro atoms. The van der Waals surface area contributed by atoms with E-state index in [1.54, 1.807) is 49.0 Å². The van der Waals surface area contributed by atoms with Crippen molar-refractivity contribution in [1.82, 2.24) is 15.0 Å². The lowest BCUT2D eigenvalue weighted by Gasteiger charge is -2.35. The van der Waals surface area contributed by atoms with Gasteiger partial charge in [0.1, 0.15) is 22.8 Å². The van der Waals surface area contributed by atoms with Gasteiger partial charge in [0.25, 0.3) is 11.8 Å². The van der Waals surface area contributed by atoms with Crippen molar-refractivity contribution in [2.75, 3.05) is 40.4 Å². The van der Waals surface area contributed by atoms with E-state index in [1.807, 2.05) is 0 Å². The summed E-state index contributed by atoms with van der Waals surface area (Å²) < 4.78 is 15.6. The number of aryl methyl sites for hydroxylation is 2. The van der Waals surface area contributed by atoms with E-state index in [0.717, 1.165) is 0 Å². The van der Waals surface area contributed by atoms with E-state index in [-0.39, 0.29) is 11.8 Å². The highest BCUT2D eigenvalue weighted by molar-refractivity contribution is 5.98. The first-order valence-electron chi connectivity index (χ1n) is 8.69. The molecule has 2 aromatic rings. The molecular formula is C19H23N3O5. The Morgan fingerprint density at radius 2 is 1.63 bits per heavy atom. The number of carbonyl (C=O) groups excluding carboxylic acids is 2. The van der Waals surface area contributed by atoms with Crippen molar-refractivity contribution in [3.8, 4) is 11.5 Å². The van der Waals surface area contributed by atoms with Crippen LogP contribution >= 0.6 is 0 Å².